The lowest BCUT2D eigenvalue weighted by Crippen LogP contribution is -2.25. The van der Waals surface area contributed by atoms with E-state index in [2.05, 4.69) is 13.8 Å². The molecule has 0 amide bonds. The molecule has 72 valence electrons. The number of unbranched alkanes of at least 4 members (excludes halogenated alkanes) is 1. The van der Waals surface area contributed by atoms with E-state index < -0.39 is 5.60 Å². The van der Waals surface area contributed by atoms with Crippen LogP contribution in [0.3, 0.4) is 0 Å². The van der Waals surface area contributed by atoms with Gasteiger partial charge < -0.3 is 5.11 Å². The highest BCUT2D eigenvalue weighted by Crippen LogP contribution is 2.21. The molecule has 0 fully saturated rings. The lowest BCUT2D eigenvalue weighted by molar-refractivity contribution is 0.0689. The highest BCUT2D eigenvalue weighted by molar-refractivity contribution is 4.99. The van der Waals surface area contributed by atoms with Crippen LogP contribution in [-0.2, 0) is 0 Å². The molecule has 0 rings (SSSR count). The zero-order valence-corrected chi connectivity index (χ0v) is 8.64. The first-order valence-corrected chi connectivity index (χ1v) is 5.04. The summed E-state index contributed by atoms with van der Waals surface area (Å²) in [4.78, 5) is 0. The first-order valence-electron chi connectivity index (χ1n) is 5.04. The van der Waals surface area contributed by atoms with Gasteiger partial charge in [0, 0.05) is 0 Å². The molecule has 0 aromatic carbocycles. The van der Waals surface area contributed by atoms with Crippen molar-refractivity contribution in [2.24, 2.45) is 0 Å². The molecule has 0 aliphatic heterocycles. The van der Waals surface area contributed by atoms with Gasteiger partial charge in [0.05, 0.1) is 5.60 Å². The van der Waals surface area contributed by atoms with Gasteiger partial charge in [-0.3, -0.25) is 0 Å². The van der Waals surface area contributed by atoms with Crippen molar-refractivity contribution < 1.29 is 5.11 Å². The zero-order valence-electron chi connectivity index (χ0n) is 8.64. The van der Waals surface area contributed by atoms with E-state index in [1.54, 1.807) is 0 Å². The van der Waals surface area contributed by atoms with Crippen molar-refractivity contribution in [2.45, 2.75) is 58.5 Å². The second-order valence-electron chi connectivity index (χ2n) is 3.46. The fourth-order valence-electron chi connectivity index (χ4n) is 1.52. The Morgan fingerprint density at radius 3 is 2.25 bits per heavy atom. The third-order valence-electron chi connectivity index (χ3n) is 2.12. The summed E-state index contributed by atoms with van der Waals surface area (Å²) < 4.78 is 0. The van der Waals surface area contributed by atoms with E-state index in [4.69, 9.17) is 0 Å². The molecule has 0 saturated heterocycles. The molecule has 0 aliphatic rings. The lowest BCUT2D eigenvalue weighted by atomic mass is 9.91. The van der Waals surface area contributed by atoms with Gasteiger partial charge in [-0.2, -0.15) is 0 Å². The normalized spacial score (nSPS) is 16.7. The first kappa shape index (κ1) is 11.7. The van der Waals surface area contributed by atoms with E-state index in [-0.39, 0.29) is 0 Å². The average molecular weight is 170 g/mol. The van der Waals surface area contributed by atoms with E-state index in [1.807, 2.05) is 19.1 Å². The molecule has 1 heteroatoms. The van der Waals surface area contributed by atoms with E-state index in [0.717, 1.165) is 32.1 Å². The van der Waals surface area contributed by atoms with Gasteiger partial charge in [0.1, 0.15) is 0 Å². The summed E-state index contributed by atoms with van der Waals surface area (Å²) in [6, 6.07) is 0. The zero-order chi connectivity index (χ0) is 9.45. The van der Waals surface area contributed by atoms with Crippen LogP contribution >= 0.6 is 0 Å². The van der Waals surface area contributed by atoms with Crippen molar-refractivity contribution in [3.05, 3.63) is 12.2 Å². The van der Waals surface area contributed by atoms with Crippen molar-refractivity contribution >= 4 is 0 Å². The van der Waals surface area contributed by atoms with Gasteiger partial charge in [-0.25, -0.2) is 0 Å². The molecule has 0 heterocycles. The minimum absolute atomic E-state index is 0.528. The standard InChI is InChI=1S/C11H22O/c1-4-7-10-11(12,8-5-2)9-6-3/h5,8,12H,4,6-7,9-10H2,1-3H3/b8-5+. The Balaban J connectivity index is 3.98. The summed E-state index contributed by atoms with van der Waals surface area (Å²) in [7, 11) is 0. The van der Waals surface area contributed by atoms with Crippen molar-refractivity contribution in [1.82, 2.24) is 0 Å². The SMILES string of the molecule is C/C=C/C(O)(CCC)CCCC. The third-order valence-corrected chi connectivity index (χ3v) is 2.12. The van der Waals surface area contributed by atoms with Crippen molar-refractivity contribution in [3.63, 3.8) is 0 Å². The highest BCUT2D eigenvalue weighted by Gasteiger charge is 2.20. The summed E-state index contributed by atoms with van der Waals surface area (Å²) in [6.45, 7) is 6.23. The Morgan fingerprint density at radius 1 is 1.17 bits per heavy atom. The van der Waals surface area contributed by atoms with Crippen molar-refractivity contribution in [1.29, 1.82) is 0 Å². The quantitative estimate of drug-likeness (QED) is 0.606. The summed E-state index contributed by atoms with van der Waals surface area (Å²) in [6.07, 6.45) is 8.99. The monoisotopic (exact) mass is 170 g/mol. The summed E-state index contributed by atoms with van der Waals surface area (Å²) >= 11 is 0. The number of rotatable bonds is 6. The van der Waals surface area contributed by atoms with Gasteiger partial charge in [-0.1, -0.05) is 45.3 Å². The van der Waals surface area contributed by atoms with Crippen LogP contribution in [0.4, 0.5) is 0 Å². The summed E-state index contributed by atoms with van der Waals surface area (Å²) in [5.74, 6) is 0. The molecule has 0 spiro atoms. The number of allylic oxidation sites excluding steroid dienone is 1. The maximum absolute atomic E-state index is 10.1. The molecule has 0 saturated carbocycles. The van der Waals surface area contributed by atoms with Crippen LogP contribution in [0.5, 0.6) is 0 Å². The van der Waals surface area contributed by atoms with E-state index in [9.17, 15) is 5.11 Å². The van der Waals surface area contributed by atoms with Crippen LogP contribution in [0.1, 0.15) is 52.9 Å². The first-order chi connectivity index (χ1) is 5.68. The Hall–Kier alpha value is -0.300. The Bertz CT molecular complexity index is 129. The van der Waals surface area contributed by atoms with Gasteiger partial charge in [-0.05, 0) is 19.8 Å². The fraction of sp³-hybridized carbons (Fsp3) is 0.818. The van der Waals surface area contributed by atoms with Crippen LogP contribution in [0.15, 0.2) is 12.2 Å². The van der Waals surface area contributed by atoms with E-state index >= 15 is 0 Å². The maximum atomic E-state index is 10.1. The number of hydrogen-bond donors (Lipinski definition) is 1. The summed E-state index contributed by atoms with van der Waals surface area (Å²) in [5.41, 5.74) is -0.528. The molecule has 1 atom stereocenters. The molecule has 0 bridgehead atoms. The second kappa shape index (κ2) is 6.24. The minimum atomic E-state index is -0.528. The largest absolute Gasteiger partial charge is 0.386 e. The van der Waals surface area contributed by atoms with Gasteiger partial charge in [0.25, 0.3) is 0 Å². The fourth-order valence-corrected chi connectivity index (χ4v) is 1.52. The molecule has 1 N–H and O–H groups in total. The van der Waals surface area contributed by atoms with E-state index in [1.165, 1.54) is 0 Å². The van der Waals surface area contributed by atoms with Gasteiger partial charge >= 0.3 is 0 Å². The molecule has 0 aliphatic carbocycles. The van der Waals surface area contributed by atoms with E-state index in [0.29, 0.717) is 0 Å². The van der Waals surface area contributed by atoms with Crippen LogP contribution < -0.4 is 0 Å². The van der Waals surface area contributed by atoms with Crippen LogP contribution in [-0.4, -0.2) is 10.7 Å². The Labute approximate surface area is 76.5 Å². The predicted molar refractivity (Wildman–Crippen MR) is 54.2 cm³/mol. The molecule has 1 unspecified atom stereocenters. The van der Waals surface area contributed by atoms with Crippen molar-refractivity contribution in [3.8, 4) is 0 Å². The highest BCUT2D eigenvalue weighted by atomic mass is 16.3. The smallest absolute Gasteiger partial charge is 0.0827 e. The lowest BCUT2D eigenvalue weighted by Gasteiger charge is -2.23. The van der Waals surface area contributed by atoms with Crippen LogP contribution in [0.2, 0.25) is 0 Å². The van der Waals surface area contributed by atoms with Gasteiger partial charge in [0.2, 0.25) is 0 Å². The predicted octanol–water partition coefficient (Wildman–Crippen LogP) is 3.28. The van der Waals surface area contributed by atoms with Crippen LogP contribution in [0, 0.1) is 0 Å². The molecule has 12 heavy (non-hydrogen) atoms. The molecule has 0 aromatic rings. The Kier molecular flexibility index (Phi) is 6.09. The van der Waals surface area contributed by atoms with Gasteiger partial charge in [0.15, 0.2) is 0 Å². The van der Waals surface area contributed by atoms with Crippen LogP contribution in [0.25, 0.3) is 0 Å². The molecule has 1 nitrogen and oxygen atoms in total. The Morgan fingerprint density at radius 2 is 1.83 bits per heavy atom. The average Bonchev–Trinajstić information content (AvgIpc) is 2.02. The number of hydrogen-bond acceptors (Lipinski definition) is 1. The summed E-state index contributed by atoms with van der Waals surface area (Å²) in [5, 5.41) is 10.1. The van der Waals surface area contributed by atoms with Gasteiger partial charge in [-0.15, -0.1) is 0 Å². The molecule has 0 aromatic heterocycles. The third kappa shape index (κ3) is 4.55. The van der Waals surface area contributed by atoms with Crippen molar-refractivity contribution in [2.75, 3.05) is 0 Å². The maximum Gasteiger partial charge on any atom is 0.0827 e. The molecular weight excluding hydrogens is 148 g/mol. The molecular formula is C11H22O. The second-order valence-corrected chi connectivity index (χ2v) is 3.46. The topological polar surface area (TPSA) is 20.2 Å². The molecule has 0 radical (unpaired) electrons. The number of aliphatic hydroxyl groups is 1. The minimum Gasteiger partial charge on any atom is -0.386 e.